The van der Waals surface area contributed by atoms with Crippen LogP contribution in [0.15, 0.2) is 30.2 Å². The van der Waals surface area contributed by atoms with Gasteiger partial charge in [-0.1, -0.05) is 49.8 Å². The predicted octanol–water partition coefficient (Wildman–Crippen LogP) is 4.52. The van der Waals surface area contributed by atoms with Crippen molar-refractivity contribution in [3.63, 3.8) is 0 Å². The van der Waals surface area contributed by atoms with Crippen molar-refractivity contribution in [3.05, 3.63) is 46.9 Å². The molecule has 0 atom stereocenters. The number of rotatable bonds is 4. The van der Waals surface area contributed by atoms with E-state index in [-0.39, 0.29) is 0 Å². The Morgan fingerprint density at radius 1 is 1.25 bits per heavy atom. The molecule has 1 N–H and O–H groups in total. The molecule has 16 heavy (non-hydrogen) atoms. The molecule has 1 aromatic carbocycles. The van der Waals surface area contributed by atoms with Crippen LogP contribution in [0.1, 0.15) is 23.6 Å². The van der Waals surface area contributed by atoms with Crippen LogP contribution in [0.4, 0.5) is 5.69 Å². The molecule has 0 bridgehead atoms. The number of allylic oxidation sites excluding steroid dienone is 1. The minimum atomic E-state index is 0.959. The number of benzene rings is 1. The van der Waals surface area contributed by atoms with Crippen LogP contribution in [0.2, 0.25) is 0 Å². The summed E-state index contributed by atoms with van der Waals surface area (Å²) in [5, 5.41) is 1.72. The molecule has 0 unspecified atom stereocenters. The maximum Gasteiger partial charge on any atom is 0.0590 e. The zero-order valence-corrected chi connectivity index (χ0v) is 10.9. The number of hydrogen-bond acceptors (Lipinski definition) is 3. The van der Waals surface area contributed by atoms with Crippen LogP contribution in [0.3, 0.4) is 0 Å². The second kappa shape index (κ2) is 6.51. The van der Waals surface area contributed by atoms with Crippen molar-refractivity contribution in [3.8, 4) is 0 Å². The predicted molar refractivity (Wildman–Crippen MR) is 81.9 cm³/mol. The molecule has 0 aromatic heterocycles. The van der Waals surface area contributed by atoms with Gasteiger partial charge in [-0.2, -0.15) is 12.6 Å². The number of hydrogen-bond donors (Lipinski definition) is 3. The molecule has 0 spiro atoms. The molecule has 1 rings (SSSR count). The fourth-order valence-electron chi connectivity index (χ4n) is 1.52. The highest BCUT2D eigenvalue weighted by Crippen LogP contribution is 2.29. The van der Waals surface area contributed by atoms with E-state index in [9.17, 15) is 0 Å². The van der Waals surface area contributed by atoms with Gasteiger partial charge in [-0.05, 0) is 29.5 Å². The fourth-order valence-corrected chi connectivity index (χ4v) is 1.93. The summed E-state index contributed by atoms with van der Waals surface area (Å²) in [5.74, 6) is 0. The average Bonchev–Trinajstić information content (AvgIpc) is 2.31. The first-order valence-corrected chi connectivity index (χ1v) is 5.87. The van der Waals surface area contributed by atoms with Crippen LogP contribution < -0.4 is 4.72 Å². The Bertz CT molecular complexity index is 434. The molecule has 3 heteroatoms. The normalized spacial score (nSPS) is 11.2. The van der Waals surface area contributed by atoms with Crippen LogP contribution >= 0.6 is 25.4 Å². The SMILES string of the molecule is C=Cc1ccc(/C=C/S)c(/C=C\C)c1NS. The van der Waals surface area contributed by atoms with Gasteiger partial charge in [0.1, 0.15) is 0 Å². The third kappa shape index (κ3) is 2.74. The summed E-state index contributed by atoms with van der Waals surface area (Å²) >= 11 is 8.23. The van der Waals surface area contributed by atoms with Gasteiger partial charge in [0.05, 0.1) is 5.69 Å². The van der Waals surface area contributed by atoms with E-state index in [1.54, 1.807) is 11.5 Å². The molecular weight excluding hydrogens is 234 g/mol. The Morgan fingerprint density at radius 3 is 2.44 bits per heavy atom. The highest BCUT2D eigenvalue weighted by Gasteiger charge is 2.06. The van der Waals surface area contributed by atoms with Gasteiger partial charge in [-0.15, -0.1) is 0 Å². The summed E-state index contributed by atoms with van der Waals surface area (Å²) in [4.78, 5) is 0. The summed E-state index contributed by atoms with van der Waals surface area (Å²) in [6.45, 7) is 5.77. The maximum atomic E-state index is 4.14. The molecule has 1 nitrogen and oxygen atoms in total. The van der Waals surface area contributed by atoms with Crippen molar-refractivity contribution in [1.82, 2.24) is 0 Å². The topological polar surface area (TPSA) is 12.0 Å². The molecule has 0 amide bonds. The molecule has 0 aliphatic heterocycles. The van der Waals surface area contributed by atoms with Gasteiger partial charge >= 0.3 is 0 Å². The number of anilines is 1. The van der Waals surface area contributed by atoms with E-state index in [0.29, 0.717) is 0 Å². The second-order valence-electron chi connectivity index (χ2n) is 3.16. The van der Waals surface area contributed by atoms with Crippen LogP contribution in [0, 0.1) is 0 Å². The molecule has 84 valence electrons. The minimum absolute atomic E-state index is 0.959. The summed E-state index contributed by atoms with van der Waals surface area (Å²) < 4.78 is 2.91. The lowest BCUT2D eigenvalue weighted by Gasteiger charge is -2.12. The van der Waals surface area contributed by atoms with Gasteiger partial charge in [-0.3, -0.25) is 0 Å². The summed E-state index contributed by atoms with van der Waals surface area (Å²) in [7, 11) is 0. The third-order valence-corrected chi connectivity index (χ3v) is 2.60. The van der Waals surface area contributed by atoms with Crippen LogP contribution in [-0.4, -0.2) is 0 Å². The van der Waals surface area contributed by atoms with E-state index < -0.39 is 0 Å². The highest BCUT2D eigenvalue weighted by molar-refractivity contribution is 7.83. The molecule has 0 aliphatic rings. The molecule has 0 saturated heterocycles. The molecular formula is C13H15NS2. The number of nitrogens with one attached hydrogen (secondary N) is 1. The quantitative estimate of drug-likeness (QED) is 0.666. The van der Waals surface area contributed by atoms with E-state index in [1.807, 2.05) is 37.3 Å². The van der Waals surface area contributed by atoms with Gasteiger partial charge in [0.25, 0.3) is 0 Å². The van der Waals surface area contributed by atoms with Crippen molar-refractivity contribution < 1.29 is 0 Å². The number of thiol groups is 2. The zero-order valence-electron chi connectivity index (χ0n) is 9.14. The standard InChI is InChI=1S/C13H15NS2/c1-3-5-12-11(8-9-15)7-6-10(4-2)13(12)14-16/h3-9,14-16H,2H2,1H3/b5-3-,9-8+. The monoisotopic (exact) mass is 249 g/mol. The van der Waals surface area contributed by atoms with E-state index in [0.717, 1.165) is 22.4 Å². The van der Waals surface area contributed by atoms with Gasteiger partial charge in [0.15, 0.2) is 0 Å². The fraction of sp³-hybridized carbons (Fsp3) is 0.0769. The molecule has 0 saturated carbocycles. The lowest BCUT2D eigenvalue weighted by molar-refractivity contribution is 1.56. The Balaban J connectivity index is 3.49. The summed E-state index contributed by atoms with van der Waals surface area (Å²) in [6.07, 6.45) is 7.78. The summed E-state index contributed by atoms with van der Waals surface area (Å²) in [5.41, 5.74) is 4.16. The van der Waals surface area contributed by atoms with Gasteiger partial charge in [0, 0.05) is 5.56 Å². The molecule has 0 fully saturated rings. The van der Waals surface area contributed by atoms with Crippen LogP contribution in [0.25, 0.3) is 18.2 Å². The Kier molecular flexibility index (Phi) is 5.29. The van der Waals surface area contributed by atoms with E-state index in [4.69, 9.17) is 0 Å². The first kappa shape index (κ1) is 13.0. The van der Waals surface area contributed by atoms with Gasteiger partial charge in [0.2, 0.25) is 0 Å². The zero-order chi connectivity index (χ0) is 12.0. The van der Waals surface area contributed by atoms with Crippen LogP contribution in [-0.2, 0) is 0 Å². The van der Waals surface area contributed by atoms with E-state index in [1.165, 1.54) is 0 Å². The van der Waals surface area contributed by atoms with Gasteiger partial charge in [-0.25, -0.2) is 0 Å². The maximum absolute atomic E-state index is 4.14. The Hall–Kier alpha value is -1.06. The largest absolute Gasteiger partial charge is 0.331 e. The van der Waals surface area contributed by atoms with Crippen molar-refractivity contribution in [2.75, 3.05) is 4.72 Å². The van der Waals surface area contributed by atoms with Crippen molar-refractivity contribution in [2.45, 2.75) is 6.92 Å². The summed E-state index contributed by atoms with van der Waals surface area (Å²) in [6, 6.07) is 4.04. The van der Waals surface area contributed by atoms with Gasteiger partial charge < -0.3 is 4.72 Å². The Morgan fingerprint density at radius 2 is 1.94 bits per heavy atom. The first-order valence-electron chi connectivity index (χ1n) is 4.91. The Labute approximate surface area is 108 Å². The third-order valence-electron chi connectivity index (χ3n) is 2.23. The van der Waals surface area contributed by atoms with Crippen molar-refractivity contribution in [2.24, 2.45) is 0 Å². The van der Waals surface area contributed by atoms with E-state index in [2.05, 4.69) is 36.7 Å². The smallest absolute Gasteiger partial charge is 0.0590 e. The minimum Gasteiger partial charge on any atom is -0.331 e. The molecule has 0 aliphatic carbocycles. The molecule has 0 heterocycles. The van der Waals surface area contributed by atoms with Crippen molar-refractivity contribution in [1.29, 1.82) is 0 Å². The lowest BCUT2D eigenvalue weighted by atomic mass is 10.0. The molecule has 0 radical (unpaired) electrons. The first-order chi connectivity index (χ1) is 7.78. The average molecular weight is 249 g/mol. The lowest BCUT2D eigenvalue weighted by Crippen LogP contribution is -1.93. The second-order valence-corrected chi connectivity index (χ2v) is 3.69. The molecule has 1 aromatic rings. The van der Waals surface area contributed by atoms with Crippen molar-refractivity contribution >= 4 is 49.4 Å². The van der Waals surface area contributed by atoms with Crippen LogP contribution in [0.5, 0.6) is 0 Å². The van der Waals surface area contributed by atoms with E-state index >= 15 is 0 Å². The highest BCUT2D eigenvalue weighted by atomic mass is 32.1.